The van der Waals surface area contributed by atoms with Crippen molar-refractivity contribution < 1.29 is 9.59 Å². The van der Waals surface area contributed by atoms with Crippen molar-refractivity contribution in [3.63, 3.8) is 0 Å². The molecule has 72 valence electrons. The fourth-order valence-electron chi connectivity index (χ4n) is 1.36. The minimum absolute atomic E-state index is 0.228. The molecule has 0 radical (unpaired) electrons. The third kappa shape index (κ3) is 1.55. The summed E-state index contributed by atoms with van der Waals surface area (Å²) in [7, 11) is 1.52. The van der Waals surface area contributed by atoms with Gasteiger partial charge >= 0.3 is 0 Å². The van der Waals surface area contributed by atoms with Gasteiger partial charge in [0.25, 0.3) is 0 Å². The Labute approximate surface area is 76.6 Å². The van der Waals surface area contributed by atoms with E-state index in [-0.39, 0.29) is 17.9 Å². The summed E-state index contributed by atoms with van der Waals surface area (Å²) in [6.07, 6.45) is 1.18. The molecule has 0 bridgehead atoms. The Morgan fingerprint density at radius 3 is 2.69 bits per heavy atom. The van der Waals surface area contributed by atoms with E-state index in [1.165, 1.54) is 18.0 Å². The Kier molecular flexibility index (Phi) is 2.67. The summed E-state index contributed by atoms with van der Waals surface area (Å²) in [5.41, 5.74) is 5.59. The van der Waals surface area contributed by atoms with E-state index in [1.807, 2.05) is 0 Å². The van der Waals surface area contributed by atoms with Crippen LogP contribution in [-0.2, 0) is 9.59 Å². The Bertz CT molecular complexity index is 252. The molecular weight excluding hydrogens is 170 g/mol. The summed E-state index contributed by atoms with van der Waals surface area (Å²) >= 11 is 0. The Morgan fingerprint density at radius 2 is 2.31 bits per heavy atom. The molecule has 1 aliphatic heterocycles. The van der Waals surface area contributed by atoms with Gasteiger partial charge in [-0.1, -0.05) is 6.58 Å². The van der Waals surface area contributed by atoms with Crippen LogP contribution in [0.3, 0.4) is 0 Å². The summed E-state index contributed by atoms with van der Waals surface area (Å²) in [5.74, 6) is -0.482. The first-order valence-electron chi connectivity index (χ1n) is 4.02. The number of carbonyl (C=O) groups excluding carboxylic acids is 2. The molecule has 5 heteroatoms. The number of nitrogens with one attached hydrogen (secondary N) is 1. The summed E-state index contributed by atoms with van der Waals surface area (Å²) in [5, 5.41) is 2.46. The average molecular weight is 183 g/mol. The lowest BCUT2D eigenvalue weighted by Gasteiger charge is -2.44. The number of carbonyl (C=O) groups is 2. The zero-order valence-corrected chi connectivity index (χ0v) is 7.49. The van der Waals surface area contributed by atoms with Crippen molar-refractivity contribution in [3.8, 4) is 0 Å². The molecule has 0 aromatic carbocycles. The van der Waals surface area contributed by atoms with E-state index >= 15 is 0 Å². The largest absolute Gasteiger partial charge is 0.357 e. The van der Waals surface area contributed by atoms with E-state index in [0.717, 1.165) is 0 Å². The molecule has 2 atom stereocenters. The highest BCUT2D eigenvalue weighted by Crippen LogP contribution is 2.16. The van der Waals surface area contributed by atoms with Gasteiger partial charge in [0, 0.05) is 13.6 Å². The predicted molar refractivity (Wildman–Crippen MR) is 47.7 cm³/mol. The van der Waals surface area contributed by atoms with Crippen LogP contribution in [0.25, 0.3) is 0 Å². The Morgan fingerprint density at radius 1 is 1.69 bits per heavy atom. The molecule has 1 saturated heterocycles. The van der Waals surface area contributed by atoms with Crippen LogP contribution in [-0.4, -0.2) is 42.4 Å². The van der Waals surface area contributed by atoms with E-state index in [9.17, 15) is 9.59 Å². The van der Waals surface area contributed by atoms with Crippen LogP contribution < -0.4 is 11.1 Å². The van der Waals surface area contributed by atoms with Gasteiger partial charge < -0.3 is 16.0 Å². The highest BCUT2D eigenvalue weighted by Gasteiger charge is 2.43. The molecule has 0 saturated carbocycles. The van der Waals surface area contributed by atoms with E-state index in [4.69, 9.17) is 5.73 Å². The maximum Gasteiger partial charge on any atom is 0.246 e. The fourth-order valence-corrected chi connectivity index (χ4v) is 1.36. The quantitative estimate of drug-likeness (QED) is 0.509. The smallest absolute Gasteiger partial charge is 0.246 e. The van der Waals surface area contributed by atoms with Crippen LogP contribution in [0.1, 0.15) is 0 Å². The van der Waals surface area contributed by atoms with Gasteiger partial charge in [0.15, 0.2) is 0 Å². The second kappa shape index (κ2) is 3.57. The zero-order valence-electron chi connectivity index (χ0n) is 7.49. The molecule has 0 aliphatic carbocycles. The van der Waals surface area contributed by atoms with E-state index in [1.54, 1.807) is 0 Å². The van der Waals surface area contributed by atoms with Gasteiger partial charge in [-0.25, -0.2) is 0 Å². The summed E-state index contributed by atoms with van der Waals surface area (Å²) in [6, 6.07) is -0.792. The minimum Gasteiger partial charge on any atom is -0.357 e. The molecule has 1 fully saturated rings. The molecule has 0 spiro atoms. The number of rotatable bonds is 2. The molecular formula is C8H13N3O2. The van der Waals surface area contributed by atoms with Crippen LogP contribution in [0.2, 0.25) is 0 Å². The maximum absolute atomic E-state index is 11.2. The van der Waals surface area contributed by atoms with Crippen LogP contribution >= 0.6 is 0 Å². The second-order valence-electron chi connectivity index (χ2n) is 2.92. The highest BCUT2D eigenvalue weighted by molar-refractivity contribution is 5.94. The number of hydrogen-bond donors (Lipinski definition) is 2. The third-order valence-electron chi connectivity index (χ3n) is 2.12. The van der Waals surface area contributed by atoms with Gasteiger partial charge in [-0.2, -0.15) is 0 Å². The SMILES string of the molecule is C=CC(=O)N1C[C@@H](N)[C@@H]1C(=O)NC. The molecule has 1 aliphatic rings. The molecule has 2 amide bonds. The summed E-state index contributed by atoms with van der Waals surface area (Å²) < 4.78 is 0. The monoisotopic (exact) mass is 183 g/mol. The topological polar surface area (TPSA) is 75.4 Å². The average Bonchev–Trinajstić information content (AvgIpc) is 2.12. The number of likely N-dealkylation sites (tertiary alicyclic amines) is 1. The van der Waals surface area contributed by atoms with Crippen LogP contribution in [0.5, 0.6) is 0 Å². The summed E-state index contributed by atoms with van der Waals surface area (Å²) in [6.45, 7) is 3.76. The van der Waals surface area contributed by atoms with E-state index < -0.39 is 6.04 Å². The Hall–Kier alpha value is -1.36. The van der Waals surface area contributed by atoms with Gasteiger partial charge in [0.2, 0.25) is 11.8 Å². The van der Waals surface area contributed by atoms with Crippen molar-refractivity contribution in [2.75, 3.05) is 13.6 Å². The molecule has 5 nitrogen and oxygen atoms in total. The normalized spacial score (nSPS) is 26.2. The van der Waals surface area contributed by atoms with Crippen LogP contribution in [0.4, 0.5) is 0 Å². The van der Waals surface area contributed by atoms with Gasteiger partial charge in [-0.05, 0) is 6.08 Å². The van der Waals surface area contributed by atoms with Crippen molar-refractivity contribution in [1.82, 2.24) is 10.2 Å². The van der Waals surface area contributed by atoms with E-state index in [2.05, 4.69) is 11.9 Å². The third-order valence-corrected chi connectivity index (χ3v) is 2.12. The lowest BCUT2D eigenvalue weighted by molar-refractivity contribution is -0.145. The number of amides is 2. The first-order valence-corrected chi connectivity index (χ1v) is 4.02. The van der Waals surface area contributed by atoms with Gasteiger partial charge in [0.1, 0.15) is 6.04 Å². The minimum atomic E-state index is -0.532. The maximum atomic E-state index is 11.2. The van der Waals surface area contributed by atoms with Crippen molar-refractivity contribution in [1.29, 1.82) is 0 Å². The van der Waals surface area contributed by atoms with Crippen molar-refractivity contribution in [3.05, 3.63) is 12.7 Å². The molecule has 0 aromatic rings. The highest BCUT2D eigenvalue weighted by atomic mass is 16.2. The molecule has 13 heavy (non-hydrogen) atoms. The first-order chi connectivity index (χ1) is 6.11. The van der Waals surface area contributed by atoms with Gasteiger partial charge in [-0.3, -0.25) is 9.59 Å². The van der Waals surface area contributed by atoms with Crippen molar-refractivity contribution in [2.45, 2.75) is 12.1 Å². The molecule has 1 heterocycles. The lowest BCUT2D eigenvalue weighted by Crippen LogP contribution is -2.70. The summed E-state index contributed by atoms with van der Waals surface area (Å²) in [4.78, 5) is 23.8. The van der Waals surface area contributed by atoms with Crippen molar-refractivity contribution >= 4 is 11.8 Å². The Balaban J connectivity index is 2.66. The number of likely N-dealkylation sites (N-methyl/N-ethyl adjacent to an activating group) is 1. The van der Waals surface area contributed by atoms with Gasteiger partial charge in [-0.15, -0.1) is 0 Å². The van der Waals surface area contributed by atoms with Crippen LogP contribution in [0, 0.1) is 0 Å². The predicted octanol–water partition coefficient (Wildman–Crippen LogP) is -1.54. The van der Waals surface area contributed by atoms with Gasteiger partial charge in [0.05, 0.1) is 6.04 Å². The second-order valence-corrected chi connectivity index (χ2v) is 2.92. The molecule has 0 aromatic heterocycles. The molecule has 3 N–H and O–H groups in total. The number of nitrogens with two attached hydrogens (primary N) is 1. The number of nitrogens with zero attached hydrogens (tertiary/aromatic N) is 1. The van der Waals surface area contributed by atoms with Crippen LogP contribution in [0.15, 0.2) is 12.7 Å². The number of hydrogen-bond acceptors (Lipinski definition) is 3. The van der Waals surface area contributed by atoms with Crippen molar-refractivity contribution in [2.24, 2.45) is 5.73 Å². The first kappa shape index (κ1) is 9.73. The lowest BCUT2D eigenvalue weighted by atomic mass is 9.96. The molecule has 1 rings (SSSR count). The molecule has 0 unspecified atom stereocenters. The fraction of sp³-hybridized carbons (Fsp3) is 0.500. The zero-order chi connectivity index (χ0) is 10.0. The van der Waals surface area contributed by atoms with E-state index in [0.29, 0.717) is 6.54 Å². The standard InChI is InChI=1S/C8H13N3O2/c1-3-6(12)11-4-5(9)7(11)8(13)10-2/h3,5,7H,1,4,9H2,2H3,(H,10,13)/t5-,7-/m1/s1.